The Kier molecular flexibility index (Phi) is 7.21. The number of aliphatic imine (C=N–C) groups is 1. The topological polar surface area (TPSA) is 162 Å². The molecule has 0 aliphatic heterocycles. The van der Waals surface area contributed by atoms with Gasteiger partial charge < -0.3 is 20.9 Å². The third-order valence-corrected chi connectivity index (χ3v) is 6.00. The van der Waals surface area contributed by atoms with E-state index in [-0.39, 0.29) is 17.1 Å². The highest BCUT2D eigenvalue weighted by Crippen LogP contribution is 2.29. The number of hydrogen-bond acceptors (Lipinski definition) is 7. The minimum absolute atomic E-state index is 0.0261. The standard InChI is InChI=1S/C28H25N7O3/c1-16-24(28(37)35(3)38-16)18-9-7-17(8-10-18)19-11-12-23(32-2)22(14-19)25(30)27(36)34-21-6-4-5-20(13-21)26(31)33-15-29/h4-14,30,32H,1-3H3,(H2,31,33)(H,34,36). The van der Waals surface area contributed by atoms with E-state index in [4.69, 9.17) is 20.9 Å². The number of aromatic nitrogens is 1. The molecule has 0 aliphatic carbocycles. The van der Waals surface area contributed by atoms with E-state index in [1.165, 1.54) is 4.74 Å². The maximum Gasteiger partial charge on any atom is 0.290 e. The van der Waals surface area contributed by atoms with Gasteiger partial charge in [-0.2, -0.15) is 15.0 Å². The van der Waals surface area contributed by atoms with Crippen LogP contribution >= 0.6 is 0 Å². The van der Waals surface area contributed by atoms with E-state index in [2.05, 4.69) is 15.6 Å². The van der Waals surface area contributed by atoms with Crippen molar-refractivity contribution in [2.45, 2.75) is 6.92 Å². The number of nitrogens with one attached hydrogen (secondary N) is 3. The fourth-order valence-corrected chi connectivity index (χ4v) is 4.10. The number of amidine groups is 1. The van der Waals surface area contributed by atoms with Gasteiger partial charge in [0.05, 0.1) is 5.56 Å². The average molecular weight is 508 g/mol. The molecule has 1 heterocycles. The van der Waals surface area contributed by atoms with Crippen LogP contribution in [0.4, 0.5) is 11.4 Å². The third kappa shape index (κ3) is 5.08. The quantitative estimate of drug-likeness (QED) is 0.169. The summed E-state index contributed by atoms with van der Waals surface area (Å²) in [5.41, 5.74) is 10.1. The summed E-state index contributed by atoms with van der Waals surface area (Å²) in [5, 5.41) is 23.0. The van der Waals surface area contributed by atoms with E-state index in [9.17, 15) is 9.59 Å². The van der Waals surface area contributed by atoms with Crippen molar-refractivity contribution in [1.82, 2.24) is 4.74 Å². The van der Waals surface area contributed by atoms with E-state index < -0.39 is 5.91 Å². The van der Waals surface area contributed by atoms with Gasteiger partial charge in [0.15, 0.2) is 0 Å². The van der Waals surface area contributed by atoms with E-state index in [0.29, 0.717) is 33.8 Å². The van der Waals surface area contributed by atoms with Gasteiger partial charge in [-0.1, -0.05) is 42.5 Å². The lowest BCUT2D eigenvalue weighted by Gasteiger charge is -2.14. The van der Waals surface area contributed by atoms with Crippen LogP contribution in [0.2, 0.25) is 0 Å². The Morgan fingerprint density at radius 3 is 2.39 bits per heavy atom. The molecule has 4 aromatic rings. The number of hydrogen-bond donors (Lipinski definition) is 4. The van der Waals surface area contributed by atoms with Crippen molar-refractivity contribution in [2.75, 3.05) is 17.7 Å². The second kappa shape index (κ2) is 10.7. The Labute approximate surface area is 218 Å². The van der Waals surface area contributed by atoms with Crippen molar-refractivity contribution in [3.63, 3.8) is 0 Å². The molecule has 0 saturated carbocycles. The molecule has 1 aromatic heterocycles. The molecular formula is C28H25N7O3. The van der Waals surface area contributed by atoms with Gasteiger partial charge in [-0.05, 0) is 47.9 Å². The molecule has 10 nitrogen and oxygen atoms in total. The van der Waals surface area contributed by atoms with Crippen LogP contribution in [0.1, 0.15) is 16.9 Å². The normalized spacial score (nSPS) is 11.1. The summed E-state index contributed by atoms with van der Waals surface area (Å²) in [7, 11) is 3.28. The molecule has 0 fully saturated rings. The summed E-state index contributed by atoms with van der Waals surface area (Å²) in [5.74, 6) is -0.0534. The van der Waals surface area contributed by atoms with E-state index in [1.54, 1.807) is 63.6 Å². The molecule has 0 atom stereocenters. The molecule has 0 spiro atoms. The number of nitrogens with zero attached hydrogens (tertiary/aromatic N) is 3. The number of carbonyl (C=O) groups excluding carboxylic acids is 1. The van der Waals surface area contributed by atoms with Gasteiger partial charge >= 0.3 is 0 Å². The van der Waals surface area contributed by atoms with E-state index >= 15 is 0 Å². The predicted octanol–water partition coefficient (Wildman–Crippen LogP) is 3.86. The number of nitrogens with two attached hydrogens (primary N) is 1. The summed E-state index contributed by atoms with van der Waals surface area (Å²) in [4.78, 5) is 28.9. The first-order valence-electron chi connectivity index (χ1n) is 11.6. The van der Waals surface area contributed by atoms with E-state index in [1.807, 2.05) is 30.3 Å². The first-order chi connectivity index (χ1) is 18.2. The zero-order chi connectivity index (χ0) is 27.4. The molecule has 4 rings (SSSR count). The second-order valence-electron chi connectivity index (χ2n) is 8.42. The average Bonchev–Trinajstić information content (AvgIpc) is 3.18. The van der Waals surface area contributed by atoms with Crippen LogP contribution in [-0.4, -0.2) is 29.2 Å². The minimum Gasteiger partial charge on any atom is -0.388 e. The van der Waals surface area contributed by atoms with Crippen LogP contribution < -0.4 is 21.9 Å². The fourth-order valence-electron chi connectivity index (χ4n) is 4.10. The van der Waals surface area contributed by atoms with Crippen LogP contribution in [0.5, 0.6) is 0 Å². The van der Waals surface area contributed by atoms with Crippen LogP contribution in [0.15, 0.2) is 81.0 Å². The summed E-state index contributed by atoms with van der Waals surface area (Å²) in [6.07, 6.45) is 1.63. The summed E-state index contributed by atoms with van der Waals surface area (Å²) in [6.45, 7) is 1.75. The number of anilines is 2. The SMILES string of the molecule is CNc1ccc(-c2ccc(-c3c(C)on(C)c3=O)cc2)cc1C(=N)C(=O)Nc1cccc(C(N)=NC#N)c1. The van der Waals surface area contributed by atoms with Crippen LogP contribution in [0.3, 0.4) is 0 Å². The molecule has 190 valence electrons. The van der Waals surface area contributed by atoms with Crippen molar-refractivity contribution in [1.29, 1.82) is 10.7 Å². The number of aryl methyl sites for hydroxylation is 2. The Morgan fingerprint density at radius 2 is 1.76 bits per heavy atom. The molecule has 0 radical (unpaired) electrons. The zero-order valence-electron chi connectivity index (χ0n) is 21.0. The Morgan fingerprint density at radius 1 is 1.08 bits per heavy atom. The van der Waals surface area contributed by atoms with Crippen molar-refractivity contribution < 1.29 is 9.32 Å². The minimum atomic E-state index is -0.617. The number of carbonyl (C=O) groups is 1. The van der Waals surface area contributed by atoms with Crippen molar-refractivity contribution in [3.05, 3.63) is 94.0 Å². The fraction of sp³-hybridized carbons (Fsp3) is 0.107. The Hall–Kier alpha value is -5.43. The molecule has 0 aliphatic rings. The summed E-state index contributed by atoms with van der Waals surface area (Å²) >= 11 is 0. The number of rotatable bonds is 7. The van der Waals surface area contributed by atoms with Gasteiger partial charge in [-0.25, -0.2) is 0 Å². The number of amides is 1. The van der Waals surface area contributed by atoms with Crippen LogP contribution in [-0.2, 0) is 11.8 Å². The number of benzene rings is 3. The molecule has 10 heteroatoms. The monoisotopic (exact) mass is 507 g/mol. The van der Waals surface area contributed by atoms with Gasteiger partial charge in [0.1, 0.15) is 17.3 Å². The van der Waals surface area contributed by atoms with Gasteiger partial charge in [-0.3, -0.25) is 15.0 Å². The first kappa shape index (κ1) is 25.7. The molecule has 1 amide bonds. The van der Waals surface area contributed by atoms with Gasteiger partial charge in [0, 0.05) is 36.6 Å². The predicted molar refractivity (Wildman–Crippen MR) is 147 cm³/mol. The largest absolute Gasteiger partial charge is 0.388 e. The highest BCUT2D eigenvalue weighted by atomic mass is 16.5. The maximum absolute atomic E-state index is 13.0. The lowest BCUT2D eigenvalue weighted by atomic mass is 9.97. The molecular weight excluding hydrogens is 482 g/mol. The second-order valence-corrected chi connectivity index (χ2v) is 8.42. The highest BCUT2D eigenvalue weighted by molar-refractivity contribution is 6.48. The smallest absolute Gasteiger partial charge is 0.290 e. The molecule has 5 N–H and O–H groups in total. The van der Waals surface area contributed by atoms with E-state index in [0.717, 1.165) is 16.7 Å². The summed E-state index contributed by atoms with van der Waals surface area (Å²) < 4.78 is 6.58. The molecule has 0 saturated heterocycles. The van der Waals surface area contributed by atoms with Crippen LogP contribution in [0.25, 0.3) is 22.3 Å². The lowest BCUT2D eigenvalue weighted by Crippen LogP contribution is -2.24. The first-order valence-corrected chi connectivity index (χ1v) is 11.6. The summed E-state index contributed by atoms with van der Waals surface area (Å²) in [6, 6.07) is 19.4. The van der Waals surface area contributed by atoms with Crippen LogP contribution in [0, 0.1) is 23.8 Å². The Balaban J connectivity index is 1.61. The van der Waals surface area contributed by atoms with Crippen molar-refractivity contribution >= 4 is 28.8 Å². The molecule has 0 bridgehead atoms. The zero-order valence-corrected chi connectivity index (χ0v) is 21.0. The molecule has 3 aromatic carbocycles. The third-order valence-electron chi connectivity index (χ3n) is 6.00. The van der Waals surface area contributed by atoms with Crippen molar-refractivity contribution in [3.8, 4) is 28.4 Å². The van der Waals surface area contributed by atoms with Crippen molar-refractivity contribution in [2.24, 2.45) is 17.8 Å². The Bertz CT molecular complexity index is 1670. The molecule has 0 unspecified atom stereocenters. The lowest BCUT2D eigenvalue weighted by molar-refractivity contribution is -0.110. The van der Waals surface area contributed by atoms with Gasteiger partial charge in [0.2, 0.25) is 6.19 Å². The molecule has 38 heavy (non-hydrogen) atoms. The van der Waals surface area contributed by atoms with Gasteiger partial charge in [0.25, 0.3) is 11.5 Å². The van der Waals surface area contributed by atoms with Gasteiger partial charge in [-0.15, -0.1) is 0 Å². The maximum atomic E-state index is 13.0. The highest BCUT2D eigenvalue weighted by Gasteiger charge is 2.18. The number of nitriles is 1.